The Labute approximate surface area is 146 Å². The summed E-state index contributed by atoms with van der Waals surface area (Å²) in [6, 6.07) is 4.05. The SMILES string of the molecule is Cn1cc([C@@H]2C[S@@](=O)CCN2C(=O)Cc2c(F)cccc2Cl)cn1. The van der Waals surface area contributed by atoms with Crippen molar-refractivity contribution in [1.82, 2.24) is 14.7 Å². The van der Waals surface area contributed by atoms with Crippen LogP contribution in [0.4, 0.5) is 4.39 Å². The Kier molecular flexibility index (Phi) is 5.01. The molecular weight excluding hydrogens is 353 g/mol. The molecule has 2 heterocycles. The van der Waals surface area contributed by atoms with Crippen LogP contribution in [0.25, 0.3) is 0 Å². The predicted octanol–water partition coefficient (Wildman–Crippen LogP) is 2.09. The average molecular weight is 370 g/mol. The first-order chi connectivity index (χ1) is 11.5. The van der Waals surface area contributed by atoms with Gasteiger partial charge in [-0.2, -0.15) is 5.10 Å². The summed E-state index contributed by atoms with van der Waals surface area (Å²) >= 11 is 6.02. The third-order valence-corrected chi connectivity index (χ3v) is 5.78. The molecule has 2 aromatic rings. The van der Waals surface area contributed by atoms with Crippen molar-refractivity contribution >= 4 is 28.3 Å². The van der Waals surface area contributed by atoms with E-state index in [0.29, 0.717) is 18.1 Å². The number of aromatic nitrogens is 2. The predicted molar refractivity (Wildman–Crippen MR) is 90.7 cm³/mol. The highest BCUT2D eigenvalue weighted by molar-refractivity contribution is 7.85. The highest BCUT2D eigenvalue weighted by Gasteiger charge is 2.32. The van der Waals surface area contributed by atoms with Crippen LogP contribution in [0.3, 0.4) is 0 Å². The first-order valence-corrected chi connectivity index (χ1v) is 9.38. The second-order valence-electron chi connectivity index (χ2n) is 5.74. The summed E-state index contributed by atoms with van der Waals surface area (Å²) in [4.78, 5) is 14.4. The smallest absolute Gasteiger partial charge is 0.227 e. The van der Waals surface area contributed by atoms with Crippen LogP contribution in [-0.4, -0.2) is 42.8 Å². The Bertz CT molecular complexity index is 775. The summed E-state index contributed by atoms with van der Waals surface area (Å²) < 4.78 is 27.5. The normalized spacial score (nSPS) is 21.0. The van der Waals surface area contributed by atoms with Gasteiger partial charge in [-0.25, -0.2) is 4.39 Å². The second-order valence-corrected chi connectivity index (χ2v) is 7.77. The summed E-state index contributed by atoms with van der Waals surface area (Å²) in [5, 5.41) is 4.36. The fourth-order valence-electron chi connectivity index (χ4n) is 2.85. The van der Waals surface area contributed by atoms with Crippen LogP contribution in [-0.2, 0) is 29.1 Å². The molecule has 0 radical (unpaired) electrons. The molecule has 3 rings (SSSR count). The van der Waals surface area contributed by atoms with E-state index in [0.717, 1.165) is 5.56 Å². The molecule has 1 aromatic heterocycles. The van der Waals surface area contributed by atoms with E-state index in [1.165, 1.54) is 12.1 Å². The standard InChI is InChI=1S/C16H17ClFN3O2S/c1-20-9-11(8-19-20)15-10-24(23)6-5-21(15)16(22)7-12-13(17)3-2-4-14(12)18/h2-4,8-9,15H,5-7,10H2,1H3/t15-,24-/m0/s1. The van der Waals surface area contributed by atoms with E-state index in [9.17, 15) is 13.4 Å². The van der Waals surface area contributed by atoms with Crippen LogP contribution in [0.15, 0.2) is 30.6 Å². The number of carbonyl (C=O) groups is 1. The molecule has 0 aliphatic carbocycles. The number of halogens is 2. The summed E-state index contributed by atoms with van der Waals surface area (Å²) in [7, 11) is 0.801. The number of benzene rings is 1. The molecule has 128 valence electrons. The minimum absolute atomic E-state index is 0.116. The van der Waals surface area contributed by atoms with Crippen molar-refractivity contribution in [2.24, 2.45) is 7.05 Å². The van der Waals surface area contributed by atoms with Gasteiger partial charge in [-0.15, -0.1) is 0 Å². The second kappa shape index (κ2) is 7.03. The molecule has 0 N–H and O–H groups in total. The van der Waals surface area contributed by atoms with Crippen molar-refractivity contribution in [2.45, 2.75) is 12.5 Å². The number of aryl methyl sites for hydroxylation is 1. The Morgan fingerprint density at radius 3 is 2.96 bits per heavy atom. The van der Waals surface area contributed by atoms with Gasteiger partial charge in [0.15, 0.2) is 0 Å². The van der Waals surface area contributed by atoms with Gasteiger partial charge in [-0.3, -0.25) is 13.7 Å². The van der Waals surface area contributed by atoms with E-state index in [-0.39, 0.29) is 29.0 Å². The lowest BCUT2D eigenvalue weighted by atomic mass is 10.1. The van der Waals surface area contributed by atoms with Gasteiger partial charge in [-0.1, -0.05) is 17.7 Å². The zero-order valence-electron chi connectivity index (χ0n) is 13.1. The van der Waals surface area contributed by atoms with Crippen molar-refractivity contribution in [3.8, 4) is 0 Å². The minimum Gasteiger partial charge on any atom is -0.333 e. The summed E-state index contributed by atoms with van der Waals surface area (Å²) in [6.45, 7) is 0.372. The van der Waals surface area contributed by atoms with E-state index < -0.39 is 16.6 Å². The van der Waals surface area contributed by atoms with Crippen LogP contribution in [0.5, 0.6) is 0 Å². The van der Waals surface area contributed by atoms with Gasteiger partial charge >= 0.3 is 0 Å². The van der Waals surface area contributed by atoms with Crippen LogP contribution in [0.1, 0.15) is 17.2 Å². The summed E-state index contributed by atoms with van der Waals surface area (Å²) in [5.41, 5.74) is 1.03. The molecule has 0 spiro atoms. The molecule has 1 fully saturated rings. The molecule has 1 aromatic carbocycles. The molecule has 2 atom stereocenters. The summed E-state index contributed by atoms with van der Waals surface area (Å²) in [5.74, 6) is 0.0672. The number of rotatable bonds is 3. The third-order valence-electron chi connectivity index (χ3n) is 4.10. The average Bonchev–Trinajstić information content (AvgIpc) is 2.97. The maximum Gasteiger partial charge on any atom is 0.227 e. The van der Waals surface area contributed by atoms with Crippen molar-refractivity contribution < 1.29 is 13.4 Å². The number of hydrogen-bond acceptors (Lipinski definition) is 3. The first-order valence-electron chi connectivity index (χ1n) is 7.51. The van der Waals surface area contributed by atoms with Gasteiger partial charge in [0.05, 0.1) is 18.7 Å². The molecule has 8 heteroatoms. The maximum absolute atomic E-state index is 13.9. The molecule has 1 saturated heterocycles. The van der Waals surface area contributed by atoms with Crippen molar-refractivity contribution in [3.63, 3.8) is 0 Å². The monoisotopic (exact) mass is 369 g/mol. The van der Waals surface area contributed by atoms with E-state index in [1.54, 1.807) is 28.9 Å². The van der Waals surface area contributed by atoms with E-state index in [2.05, 4.69) is 5.10 Å². The van der Waals surface area contributed by atoms with Gasteiger partial charge in [0, 0.05) is 58.2 Å². The number of carbonyl (C=O) groups excluding carboxylic acids is 1. The quantitative estimate of drug-likeness (QED) is 0.832. The molecule has 1 aliphatic rings. The number of hydrogen-bond donors (Lipinski definition) is 0. The van der Waals surface area contributed by atoms with Crippen molar-refractivity contribution in [3.05, 3.63) is 52.6 Å². The molecule has 1 aliphatic heterocycles. The molecule has 24 heavy (non-hydrogen) atoms. The molecule has 5 nitrogen and oxygen atoms in total. The first kappa shape index (κ1) is 17.1. The third kappa shape index (κ3) is 3.52. The largest absolute Gasteiger partial charge is 0.333 e. The zero-order chi connectivity index (χ0) is 17.3. The summed E-state index contributed by atoms with van der Waals surface area (Å²) in [6.07, 6.45) is 3.36. The highest BCUT2D eigenvalue weighted by atomic mass is 35.5. The van der Waals surface area contributed by atoms with Gasteiger partial charge in [0.2, 0.25) is 5.91 Å². The zero-order valence-corrected chi connectivity index (χ0v) is 14.7. The molecule has 0 saturated carbocycles. The lowest BCUT2D eigenvalue weighted by molar-refractivity contribution is -0.132. The molecule has 0 unspecified atom stereocenters. The van der Waals surface area contributed by atoms with Gasteiger partial charge < -0.3 is 4.90 Å². The minimum atomic E-state index is -0.985. The lowest BCUT2D eigenvalue weighted by Crippen LogP contribution is -2.45. The van der Waals surface area contributed by atoms with Gasteiger partial charge in [0.1, 0.15) is 5.82 Å². The maximum atomic E-state index is 13.9. The van der Waals surface area contributed by atoms with E-state index in [4.69, 9.17) is 11.6 Å². The molecule has 1 amide bonds. The van der Waals surface area contributed by atoms with Crippen LogP contribution >= 0.6 is 11.6 Å². The molecular formula is C16H17ClFN3O2S. The van der Waals surface area contributed by atoms with Gasteiger partial charge in [-0.05, 0) is 12.1 Å². The topological polar surface area (TPSA) is 55.2 Å². The van der Waals surface area contributed by atoms with E-state index >= 15 is 0 Å². The number of amides is 1. The fourth-order valence-corrected chi connectivity index (χ4v) is 4.37. The molecule has 0 bridgehead atoms. The van der Waals surface area contributed by atoms with Crippen LogP contribution in [0.2, 0.25) is 5.02 Å². The Morgan fingerprint density at radius 2 is 2.29 bits per heavy atom. The van der Waals surface area contributed by atoms with Crippen LogP contribution < -0.4 is 0 Å². The van der Waals surface area contributed by atoms with Crippen molar-refractivity contribution in [2.75, 3.05) is 18.1 Å². The van der Waals surface area contributed by atoms with E-state index in [1.807, 2.05) is 6.20 Å². The number of nitrogens with zero attached hydrogens (tertiary/aromatic N) is 3. The van der Waals surface area contributed by atoms with Gasteiger partial charge in [0.25, 0.3) is 0 Å². The Balaban J connectivity index is 1.85. The lowest BCUT2D eigenvalue weighted by Gasteiger charge is -2.35. The Morgan fingerprint density at radius 1 is 1.50 bits per heavy atom. The Hall–Kier alpha value is -1.73. The fraction of sp³-hybridized carbons (Fsp3) is 0.375. The highest BCUT2D eigenvalue weighted by Crippen LogP contribution is 2.27. The van der Waals surface area contributed by atoms with Crippen LogP contribution in [0, 0.1) is 5.82 Å². The van der Waals surface area contributed by atoms with Crippen molar-refractivity contribution in [1.29, 1.82) is 0 Å².